The monoisotopic (exact) mass is 412 g/mol. The second kappa shape index (κ2) is 7.99. The molecule has 0 amide bonds. The summed E-state index contributed by atoms with van der Waals surface area (Å²) >= 11 is -0.0241. The molecule has 3 rings (SSSR count). The van der Waals surface area contributed by atoms with Gasteiger partial charge in [0.15, 0.2) is 0 Å². The van der Waals surface area contributed by atoms with E-state index in [0.29, 0.717) is 12.4 Å². The second-order valence-corrected chi connectivity index (χ2v) is 8.99. The molecule has 0 radical (unpaired) electrons. The molecule has 3 aromatic rings. The van der Waals surface area contributed by atoms with Crippen LogP contribution in [0.2, 0.25) is 0 Å². The van der Waals surface area contributed by atoms with Crippen molar-refractivity contribution in [1.29, 1.82) is 0 Å². The zero-order valence-corrected chi connectivity index (χ0v) is 17.4. The molecule has 1 N–H and O–H groups in total. The fourth-order valence-electron chi connectivity index (χ4n) is 3.02. The van der Waals surface area contributed by atoms with Crippen molar-refractivity contribution >= 4 is 23.9 Å². The third-order valence-electron chi connectivity index (χ3n) is 4.24. The number of hydrogen-bond acceptors (Lipinski definition) is 2. The molecule has 0 atom stereocenters. The van der Waals surface area contributed by atoms with E-state index in [2.05, 4.69) is 51.1 Å². The molecule has 0 spiro atoms. The summed E-state index contributed by atoms with van der Waals surface area (Å²) < 4.78 is 8.39. The van der Waals surface area contributed by atoms with Crippen molar-refractivity contribution in [3.8, 4) is 11.5 Å². The molecule has 0 unspecified atom stereocenters. The van der Waals surface area contributed by atoms with E-state index in [1.54, 1.807) is 0 Å². The van der Waals surface area contributed by atoms with Gasteiger partial charge < -0.3 is 0 Å². The second-order valence-electron chi connectivity index (χ2n) is 6.71. The van der Waals surface area contributed by atoms with Crippen LogP contribution in [0.4, 0.5) is 0 Å². The fraction of sp³-hybridized carbons (Fsp3) is 0.217. The Morgan fingerprint density at radius 2 is 1.42 bits per heavy atom. The summed E-state index contributed by atoms with van der Waals surface area (Å²) in [5.74, 6) is 1.35. The minimum absolute atomic E-state index is 0.0241. The number of hydrogen-bond donors (Lipinski definition) is 1. The van der Waals surface area contributed by atoms with E-state index in [1.807, 2.05) is 31.2 Å². The van der Waals surface area contributed by atoms with Gasteiger partial charge in [0.2, 0.25) is 0 Å². The van der Waals surface area contributed by atoms with Crippen LogP contribution in [0.5, 0.6) is 11.5 Å². The number of phenols is 1. The molecule has 0 saturated carbocycles. The van der Waals surface area contributed by atoms with Crippen LogP contribution >= 0.6 is 0 Å². The van der Waals surface area contributed by atoms with Gasteiger partial charge in [0.25, 0.3) is 0 Å². The third kappa shape index (κ3) is 4.30. The van der Waals surface area contributed by atoms with E-state index in [4.69, 9.17) is 4.74 Å². The third-order valence-corrected chi connectivity index (χ3v) is 6.45. The van der Waals surface area contributed by atoms with E-state index in [1.165, 1.54) is 15.6 Å². The minimum atomic E-state index is -0.0241. The predicted octanol–water partition coefficient (Wildman–Crippen LogP) is 3.86. The van der Waals surface area contributed by atoms with Crippen molar-refractivity contribution in [1.82, 2.24) is 0 Å². The van der Waals surface area contributed by atoms with Crippen LogP contribution < -0.4 is 13.7 Å². The standard InChI is InChI=1S/C23H24O2Se/c1-15-10-17(3)22(24)20(12-15)26-21-13-16(2)11-18(4)23(21)25-14-19-8-6-5-7-9-19/h5-13,24H,14H2,1-4H3. The van der Waals surface area contributed by atoms with Gasteiger partial charge in [0.05, 0.1) is 0 Å². The van der Waals surface area contributed by atoms with Crippen molar-refractivity contribution in [2.24, 2.45) is 0 Å². The van der Waals surface area contributed by atoms with Crippen molar-refractivity contribution in [2.75, 3.05) is 0 Å². The van der Waals surface area contributed by atoms with Crippen molar-refractivity contribution in [3.05, 3.63) is 82.4 Å². The molecule has 0 fully saturated rings. The van der Waals surface area contributed by atoms with Crippen LogP contribution in [0.3, 0.4) is 0 Å². The van der Waals surface area contributed by atoms with Gasteiger partial charge in [0.1, 0.15) is 0 Å². The molecule has 0 heterocycles. The van der Waals surface area contributed by atoms with E-state index in [-0.39, 0.29) is 15.0 Å². The molecule has 0 aliphatic rings. The van der Waals surface area contributed by atoms with Gasteiger partial charge >= 0.3 is 162 Å². The number of ether oxygens (including phenoxy) is 1. The van der Waals surface area contributed by atoms with Crippen molar-refractivity contribution in [3.63, 3.8) is 0 Å². The maximum absolute atomic E-state index is 10.5. The molecule has 3 heteroatoms. The summed E-state index contributed by atoms with van der Waals surface area (Å²) in [7, 11) is 0. The van der Waals surface area contributed by atoms with Gasteiger partial charge in [-0.05, 0) is 0 Å². The summed E-state index contributed by atoms with van der Waals surface area (Å²) in [5.41, 5.74) is 5.61. The zero-order valence-electron chi connectivity index (χ0n) is 15.7. The molecule has 0 aliphatic carbocycles. The Balaban J connectivity index is 1.94. The first kappa shape index (κ1) is 18.6. The average molecular weight is 411 g/mol. The first-order valence-corrected chi connectivity index (χ1v) is 10.4. The SMILES string of the molecule is Cc1cc(C)c(O)c([Se]c2cc(C)cc(C)c2OCc2ccccc2)c1. The average Bonchev–Trinajstić information content (AvgIpc) is 2.59. The van der Waals surface area contributed by atoms with Crippen LogP contribution in [-0.4, -0.2) is 20.1 Å². The summed E-state index contributed by atoms with van der Waals surface area (Å²) in [6.07, 6.45) is 0. The Labute approximate surface area is 162 Å². The molecular weight excluding hydrogens is 387 g/mol. The van der Waals surface area contributed by atoms with Crippen molar-refractivity contribution < 1.29 is 9.84 Å². The van der Waals surface area contributed by atoms with E-state index in [0.717, 1.165) is 26.9 Å². The summed E-state index contributed by atoms with van der Waals surface area (Å²) in [5, 5.41) is 10.5. The molecule has 0 aromatic heterocycles. The normalized spacial score (nSPS) is 10.8. The van der Waals surface area contributed by atoms with Gasteiger partial charge in [0, 0.05) is 0 Å². The van der Waals surface area contributed by atoms with E-state index in [9.17, 15) is 5.11 Å². The number of aryl methyl sites for hydroxylation is 4. The first-order valence-electron chi connectivity index (χ1n) is 8.70. The van der Waals surface area contributed by atoms with Crippen LogP contribution in [0, 0.1) is 27.7 Å². The molecule has 134 valence electrons. The van der Waals surface area contributed by atoms with Gasteiger partial charge in [-0.1, -0.05) is 0 Å². The molecule has 0 saturated heterocycles. The van der Waals surface area contributed by atoms with Gasteiger partial charge in [-0.15, -0.1) is 0 Å². The van der Waals surface area contributed by atoms with E-state index < -0.39 is 0 Å². The van der Waals surface area contributed by atoms with Crippen LogP contribution in [0.25, 0.3) is 0 Å². The van der Waals surface area contributed by atoms with Gasteiger partial charge in [-0.2, -0.15) is 0 Å². The number of phenolic OH excluding ortho intramolecular Hbond substituents is 1. The molecule has 0 aliphatic heterocycles. The summed E-state index contributed by atoms with van der Waals surface area (Å²) in [6.45, 7) is 8.77. The fourth-order valence-corrected chi connectivity index (χ4v) is 5.74. The first-order chi connectivity index (χ1) is 12.4. The Hall–Kier alpha value is -2.22. The summed E-state index contributed by atoms with van der Waals surface area (Å²) in [4.78, 5) is 0. The molecule has 2 nitrogen and oxygen atoms in total. The van der Waals surface area contributed by atoms with Crippen molar-refractivity contribution in [2.45, 2.75) is 34.3 Å². The Morgan fingerprint density at radius 1 is 0.808 bits per heavy atom. The molecule has 0 bridgehead atoms. The molecule has 3 aromatic carbocycles. The Kier molecular flexibility index (Phi) is 5.70. The topological polar surface area (TPSA) is 29.5 Å². The van der Waals surface area contributed by atoms with Crippen LogP contribution in [0.1, 0.15) is 27.8 Å². The Bertz CT molecular complexity index is 917. The van der Waals surface area contributed by atoms with E-state index >= 15 is 0 Å². The number of aromatic hydroxyl groups is 1. The molecular formula is C23H24O2Se. The zero-order chi connectivity index (χ0) is 18.7. The maximum atomic E-state index is 10.5. The van der Waals surface area contributed by atoms with Crippen LogP contribution in [0.15, 0.2) is 54.6 Å². The Morgan fingerprint density at radius 3 is 2.12 bits per heavy atom. The van der Waals surface area contributed by atoms with Gasteiger partial charge in [-0.3, -0.25) is 0 Å². The number of rotatable bonds is 5. The van der Waals surface area contributed by atoms with Crippen LogP contribution in [-0.2, 0) is 6.61 Å². The quantitative estimate of drug-likeness (QED) is 0.647. The number of benzene rings is 3. The predicted molar refractivity (Wildman–Crippen MR) is 109 cm³/mol. The summed E-state index contributed by atoms with van der Waals surface area (Å²) in [6, 6.07) is 18.7. The van der Waals surface area contributed by atoms with Gasteiger partial charge in [-0.25, -0.2) is 0 Å². The molecule has 26 heavy (non-hydrogen) atoms.